The fourth-order valence-electron chi connectivity index (χ4n) is 4.33. The molecule has 0 atom stereocenters. The first kappa shape index (κ1) is 13.7. The Morgan fingerprint density at radius 3 is 2.35 bits per heavy atom. The maximum absolute atomic E-state index is 8.70. The predicted molar refractivity (Wildman–Crippen MR) is 128 cm³/mol. The van der Waals surface area contributed by atoms with Gasteiger partial charge >= 0.3 is 0 Å². The molecule has 31 heavy (non-hydrogen) atoms. The van der Waals surface area contributed by atoms with Gasteiger partial charge in [0.1, 0.15) is 22.3 Å². The van der Waals surface area contributed by atoms with Crippen LogP contribution in [-0.2, 0) is 6.37 Å². The monoisotopic (exact) mass is 410 g/mol. The standard InChI is InChI=1S/C28H23NO2/c1-16(2)12-18-13-22(29-15-17(18)3)21-14-25-26(19-8-4-6-10-23(19)30-25)27-20-9-5-7-11-24(20)31-28(21)27/h4-11,13-16H,12H2,1-3H3/i3D3,12D2. The van der Waals surface area contributed by atoms with Crippen LogP contribution in [0.2, 0.25) is 0 Å². The maximum Gasteiger partial charge on any atom is 0.145 e. The second-order valence-electron chi connectivity index (χ2n) is 8.11. The molecule has 0 spiro atoms. The van der Waals surface area contributed by atoms with Crippen LogP contribution in [0.25, 0.3) is 55.1 Å². The summed E-state index contributed by atoms with van der Waals surface area (Å²) in [6.45, 7) is 0.975. The molecule has 152 valence electrons. The molecule has 3 heteroatoms. The number of pyridine rings is 1. The zero-order valence-corrected chi connectivity index (χ0v) is 17.2. The van der Waals surface area contributed by atoms with Gasteiger partial charge in [-0.2, -0.15) is 0 Å². The van der Waals surface area contributed by atoms with Crippen molar-refractivity contribution in [1.82, 2.24) is 4.98 Å². The van der Waals surface area contributed by atoms with Gasteiger partial charge in [-0.1, -0.05) is 50.2 Å². The Kier molecular flexibility index (Phi) is 2.96. The van der Waals surface area contributed by atoms with Crippen LogP contribution in [0.15, 0.2) is 75.7 Å². The lowest BCUT2D eigenvalue weighted by molar-refractivity contribution is 0.644. The van der Waals surface area contributed by atoms with Crippen molar-refractivity contribution in [3.05, 3.63) is 78.0 Å². The van der Waals surface area contributed by atoms with E-state index in [1.165, 1.54) is 6.20 Å². The third kappa shape index (κ3) is 2.77. The Bertz CT molecular complexity index is 1790. The van der Waals surface area contributed by atoms with E-state index in [4.69, 9.17) is 15.7 Å². The number of aromatic nitrogens is 1. The first-order valence-electron chi connectivity index (χ1n) is 12.8. The molecule has 3 aromatic heterocycles. The molecule has 0 saturated heterocycles. The van der Waals surface area contributed by atoms with Crippen molar-refractivity contribution in [2.45, 2.75) is 27.1 Å². The van der Waals surface area contributed by atoms with Crippen molar-refractivity contribution in [1.29, 1.82) is 0 Å². The van der Waals surface area contributed by atoms with Crippen LogP contribution >= 0.6 is 0 Å². The van der Waals surface area contributed by atoms with E-state index >= 15 is 0 Å². The number of benzene rings is 3. The van der Waals surface area contributed by atoms with Crippen molar-refractivity contribution in [2.75, 3.05) is 0 Å². The Balaban J connectivity index is 1.74. The minimum absolute atomic E-state index is 0.0874. The average Bonchev–Trinajstić information content (AvgIpc) is 3.40. The topological polar surface area (TPSA) is 39.2 Å². The lowest BCUT2D eigenvalue weighted by Gasteiger charge is -2.11. The van der Waals surface area contributed by atoms with Crippen LogP contribution in [0.5, 0.6) is 0 Å². The Hall–Kier alpha value is -3.59. The summed E-state index contributed by atoms with van der Waals surface area (Å²) in [6, 6.07) is 19.0. The summed E-state index contributed by atoms with van der Waals surface area (Å²) < 4.78 is 53.9. The molecule has 0 aliphatic heterocycles. The Morgan fingerprint density at radius 2 is 1.61 bits per heavy atom. The lowest BCUT2D eigenvalue weighted by atomic mass is 9.96. The number of rotatable bonds is 3. The molecule has 3 nitrogen and oxygen atoms in total. The molecule has 0 aliphatic rings. The molecule has 3 heterocycles. The number of furan rings is 2. The van der Waals surface area contributed by atoms with E-state index in [2.05, 4.69) is 4.98 Å². The second-order valence-corrected chi connectivity index (χ2v) is 8.11. The molecule has 0 aliphatic carbocycles. The summed E-state index contributed by atoms with van der Waals surface area (Å²) in [4.78, 5) is 4.50. The van der Waals surface area contributed by atoms with E-state index in [1.54, 1.807) is 19.9 Å². The minimum atomic E-state index is -2.50. The SMILES string of the molecule is [2H]C([2H])([2H])c1cnc(-c2cc3oc4ccccc4c3c3c2oc2ccccc23)cc1C([2H])([2H])C(C)C. The Labute approximate surface area is 187 Å². The third-order valence-electron chi connectivity index (χ3n) is 5.61. The van der Waals surface area contributed by atoms with Gasteiger partial charge in [-0.15, -0.1) is 0 Å². The molecule has 0 N–H and O–H groups in total. The summed E-state index contributed by atoms with van der Waals surface area (Å²) >= 11 is 0. The van der Waals surface area contributed by atoms with E-state index in [0.717, 1.165) is 27.1 Å². The largest absolute Gasteiger partial charge is 0.456 e. The van der Waals surface area contributed by atoms with Crippen LogP contribution in [0, 0.1) is 12.8 Å². The van der Waals surface area contributed by atoms with E-state index in [1.807, 2.05) is 54.6 Å². The zero-order chi connectivity index (χ0) is 25.4. The first-order chi connectivity index (χ1) is 17.1. The highest BCUT2D eigenvalue weighted by Crippen LogP contribution is 2.44. The highest BCUT2D eigenvalue weighted by atomic mass is 16.3. The molecule has 6 aromatic rings. The maximum atomic E-state index is 8.70. The van der Waals surface area contributed by atoms with Gasteiger partial charge in [0.2, 0.25) is 0 Å². The van der Waals surface area contributed by atoms with Crippen LogP contribution in [-0.4, -0.2) is 4.98 Å². The average molecular weight is 411 g/mol. The summed E-state index contributed by atoms with van der Waals surface area (Å²) in [5.41, 5.74) is 3.77. The van der Waals surface area contributed by atoms with Crippen LogP contribution in [0.4, 0.5) is 0 Å². The number of para-hydroxylation sites is 2. The fraction of sp³-hybridized carbons (Fsp3) is 0.179. The molecule has 0 fully saturated rings. The van der Waals surface area contributed by atoms with E-state index in [-0.39, 0.29) is 11.1 Å². The van der Waals surface area contributed by atoms with Gasteiger partial charge in [-0.05, 0) is 54.5 Å². The number of hydrogen-bond acceptors (Lipinski definition) is 3. The molecule has 0 radical (unpaired) electrons. The van der Waals surface area contributed by atoms with Gasteiger partial charge < -0.3 is 8.83 Å². The molecule has 0 amide bonds. The summed E-state index contributed by atoms with van der Waals surface area (Å²) in [5, 5.41) is 3.73. The van der Waals surface area contributed by atoms with Gasteiger partial charge in [0.25, 0.3) is 0 Å². The van der Waals surface area contributed by atoms with Crippen LogP contribution in [0.3, 0.4) is 0 Å². The van der Waals surface area contributed by atoms with E-state index < -0.39 is 19.1 Å². The highest BCUT2D eigenvalue weighted by molar-refractivity contribution is 6.28. The van der Waals surface area contributed by atoms with Crippen molar-refractivity contribution >= 4 is 43.9 Å². The summed E-state index contributed by atoms with van der Waals surface area (Å²) in [5.74, 6) is -0.446. The van der Waals surface area contributed by atoms with Gasteiger partial charge in [0.15, 0.2) is 0 Å². The van der Waals surface area contributed by atoms with Crippen molar-refractivity contribution in [2.24, 2.45) is 5.92 Å². The molecular weight excluding hydrogens is 382 g/mol. The molecule has 0 saturated carbocycles. The second kappa shape index (κ2) is 6.71. The fourth-order valence-corrected chi connectivity index (χ4v) is 4.33. The van der Waals surface area contributed by atoms with Crippen LogP contribution < -0.4 is 0 Å². The first-order valence-corrected chi connectivity index (χ1v) is 10.3. The van der Waals surface area contributed by atoms with Crippen LogP contribution in [0.1, 0.15) is 31.8 Å². The van der Waals surface area contributed by atoms with Gasteiger partial charge in [-0.3, -0.25) is 4.98 Å². The Morgan fingerprint density at radius 1 is 0.903 bits per heavy atom. The van der Waals surface area contributed by atoms with E-state index in [0.29, 0.717) is 28.0 Å². The van der Waals surface area contributed by atoms with Gasteiger partial charge in [-0.25, -0.2) is 0 Å². The molecule has 3 aromatic carbocycles. The lowest BCUT2D eigenvalue weighted by Crippen LogP contribution is -1.99. The smallest absolute Gasteiger partial charge is 0.145 e. The highest BCUT2D eigenvalue weighted by Gasteiger charge is 2.21. The number of hydrogen-bond donors (Lipinski definition) is 0. The number of nitrogens with zero attached hydrogens (tertiary/aromatic N) is 1. The number of aryl methyl sites for hydroxylation is 1. The molecule has 6 rings (SSSR count). The molecule has 0 unspecified atom stereocenters. The van der Waals surface area contributed by atoms with E-state index in [9.17, 15) is 0 Å². The molecule has 0 bridgehead atoms. The van der Waals surface area contributed by atoms with Gasteiger partial charge in [0.05, 0.1) is 5.69 Å². The number of fused-ring (bicyclic) bond motifs is 7. The van der Waals surface area contributed by atoms with Gasteiger partial charge in [0, 0.05) is 40.2 Å². The van der Waals surface area contributed by atoms with Crippen molar-refractivity contribution < 1.29 is 15.7 Å². The predicted octanol–water partition coefficient (Wildman–Crippen LogP) is 8.05. The van der Waals surface area contributed by atoms with Crippen molar-refractivity contribution in [3.63, 3.8) is 0 Å². The van der Waals surface area contributed by atoms with Crippen molar-refractivity contribution in [3.8, 4) is 11.3 Å². The zero-order valence-electron chi connectivity index (χ0n) is 22.2. The summed E-state index contributed by atoms with van der Waals surface area (Å²) in [7, 11) is 0. The minimum Gasteiger partial charge on any atom is -0.456 e. The third-order valence-corrected chi connectivity index (χ3v) is 5.61. The summed E-state index contributed by atoms with van der Waals surface area (Å²) in [6.07, 6.45) is -0.604. The molecular formula is C28H23NO2. The normalized spacial score (nSPS) is 15.4. The quantitative estimate of drug-likeness (QED) is 0.296.